The molecule has 0 bridgehead atoms. The average molecular weight is 201 g/mol. The van der Waals surface area contributed by atoms with Crippen LogP contribution >= 0.6 is 0 Å². The summed E-state index contributed by atoms with van der Waals surface area (Å²) < 4.78 is 0. The number of hydrogen-bond donors (Lipinski definition) is 2. The van der Waals surface area contributed by atoms with Crippen LogP contribution in [0.15, 0.2) is 0 Å². The number of rotatable bonds is 6. The van der Waals surface area contributed by atoms with Crippen LogP contribution in [0.25, 0.3) is 0 Å². The molecule has 2 heteroatoms. The number of aliphatic hydroxyl groups is 1. The Morgan fingerprint density at radius 1 is 1.21 bits per heavy atom. The minimum atomic E-state index is 0.252. The van der Waals surface area contributed by atoms with Gasteiger partial charge in [-0.15, -0.1) is 0 Å². The first-order valence-electron chi connectivity index (χ1n) is 5.69. The number of nitrogens with one attached hydrogen (secondary N) is 1. The maximum absolute atomic E-state index is 9.14. The molecular formula is C12H27NO. The highest BCUT2D eigenvalue weighted by Crippen LogP contribution is 2.17. The van der Waals surface area contributed by atoms with E-state index in [4.69, 9.17) is 5.11 Å². The fourth-order valence-corrected chi connectivity index (χ4v) is 1.44. The van der Waals surface area contributed by atoms with Gasteiger partial charge in [0.2, 0.25) is 0 Å². The van der Waals surface area contributed by atoms with Gasteiger partial charge in [-0.1, -0.05) is 34.6 Å². The third-order valence-electron chi connectivity index (χ3n) is 2.28. The first kappa shape index (κ1) is 13.9. The molecule has 0 rings (SSSR count). The van der Waals surface area contributed by atoms with Gasteiger partial charge in [0.25, 0.3) is 0 Å². The van der Waals surface area contributed by atoms with Crippen LogP contribution in [0.5, 0.6) is 0 Å². The van der Waals surface area contributed by atoms with Crippen molar-refractivity contribution in [2.24, 2.45) is 11.3 Å². The summed E-state index contributed by atoms with van der Waals surface area (Å²) in [7, 11) is 0. The van der Waals surface area contributed by atoms with E-state index in [1.807, 2.05) is 0 Å². The third-order valence-corrected chi connectivity index (χ3v) is 2.28. The van der Waals surface area contributed by atoms with Crippen molar-refractivity contribution in [1.82, 2.24) is 5.32 Å². The van der Waals surface area contributed by atoms with Crippen LogP contribution in [0, 0.1) is 11.3 Å². The second-order valence-electron chi connectivity index (χ2n) is 5.77. The third kappa shape index (κ3) is 8.52. The topological polar surface area (TPSA) is 32.3 Å². The maximum Gasteiger partial charge on any atom is 0.0584 e. The van der Waals surface area contributed by atoms with E-state index in [9.17, 15) is 0 Å². The summed E-state index contributed by atoms with van der Waals surface area (Å²) in [6, 6.07) is 0.275. The SMILES string of the molecule is CC(C)CC(CO)NCCC(C)(C)C. The average Bonchev–Trinajstić information content (AvgIpc) is 1.99. The zero-order valence-electron chi connectivity index (χ0n) is 10.4. The van der Waals surface area contributed by atoms with Crippen LogP contribution in [-0.2, 0) is 0 Å². The van der Waals surface area contributed by atoms with Crippen LogP contribution in [0.3, 0.4) is 0 Å². The van der Waals surface area contributed by atoms with Gasteiger partial charge in [-0.3, -0.25) is 0 Å². The lowest BCUT2D eigenvalue weighted by molar-refractivity contribution is 0.218. The Balaban J connectivity index is 3.63. The van der Waals surface area contributed by atoms with Crippen molar-refractivity contribution in [3.05, 3.63) is 0 Å². The molecule has 0 heterocycles. The van der Waals surface area contributed by atoms with Crippen LogP contribution in [0.1, 0.15) is 47.5 Å². The molecule has 0 aliphatic heterocycles. The van der Waals surface area contributed by atoms with E-state index >= 15 is 0 Å². The van der Waals surface area contributed by atoms with E-state index in [1.54, 1.807) is 0 Å². The van der Waals surface area contributed by atoms with Crippen molar-refractivity contribution in [3.8, 4) is 0 Å². The first-order valence-corrected chi connectivity index (χ1v) is 5.69. The summed E-state index contributed by atoms with van der Waals surface area (Å²) >= 11 is 0. The van der Waals surface area contributed by atoms with Gasteiger partial charge < -0.3 is 10.4 Å². The molecule has 2 N–H and O–H groups in total. The second-order valence-corrected chi connectivity index (χ2v) is 5.77. The molecule has 0 radical (unpaired) electrons. The zero-order valence-corrected chi connectivity index (χ0v) is 10.4. The minimum Gasteiger partial charge on any atom is -0.395 e. The van der Waals surface area contributed by atoms with Crippen molar-refractivity contribution in [3.63, 3.8) is 0 Å². The highest BCUT2D eigenvalue weighted by molar-refractivity contribution is 4.70. The summed E-state index contributed by atoms with van der Waals surface area (Å²) in [4.78, 5) is 0. The van der Waals surface area contributed by atoms with Crippen molar-refractivity contribution in [1.29, 1.82) is 0 Å². The number of hydrogen-bond acceptors (Lipinski definition) is 2. The van der Waals surface area contributed by atoms with E-state index in [-0.39, 0.29) is 12.6 Å². The molecule has 0 spiro atoms. The van der Waals surface area contributed by atoms with E-state index < -0.39 is 0 Å². The van der Waals surface area contributed by atoms with Crippen LogP contribution < -0.4 is 5.32 Å². The lowest BCUT2D eigenvalue weighted by Crippen LogP contribution is -2.35. The fourth-order valence-electron chi connectivity index (χ4n) is 1.44. The van der Waals surface area contributed by atoms with Gasteiger partial charge in [0.15, 0.2) is 0 Å². The monoisotopic (exact) mass is 201 g/mol. The van der Waals surface area contributed by atoms with Crippen LogP contribution in [-0.4, -0.2) is 24.3 Å². The van der Waals surface area contributed by atoms with Crippen LogP contribution in [0.4, 0.5) is 0 Å². The lowest BCUT2D eigenvalue weighted by atomic mass is 9.92. The van der Waals surface area contributed by atoms with Crippen molar-refractivity contribution in [2.45, 2.75) is 53.5 Å². The smallest absolute Gasteiger partial charge is 0.0584 e. The van der Waals surface area contributed by atoms with Gasteiger partial charge in [0.05, 0.1) is 6.61 Å². The number of aliphatic hydroxyl groups excluding tert-OH is 1. The van der Waals surface area contributed by atoms with E-state index in [2.05, 4.69) is 39.9 Å². The van der Waals surface area contributed by atoms with E-state index in [1.165, 1.54) is 0 Å². The molecule has 0 aromatic heterocycles. The Morgan fingerprint density at radius 2 is 1.79 bits per heavy atom. The molecule has 0 aromatic rings. The molecule has 0 saturated heterocycles. The summed E-state index contributed by atoms with van der Waals surface area (Å²) in [6.45, 7) is 12.4. The lowest BCUT2D eigenvalue weighted by Gasteiger charge is -2.22. The minimum absolute atomic E-state index is 0.252. The van der Waals surface area contributed by atoms with Crippen LogP contribution in [0.2, 0.25) is 0 Å². The van der Waals surface area contributed by atoms with Gasteiger partial charge in [-0.2, -0.15) is 0 Å². The van der Waals surface area contributed by atoms with Gasteiger partial charge in [-0.25, -0.2) is 0 Å². The predicted octanol–water partition coefficient (Wildman–Crippen LogP) is 2.42. The highest BCUT2D eigenvalue weighted by Gasteiger charge is 2.12. The fraction of sp³-hybridized carbons (Fsp3) is 1.00. The van der Waals surface area contributed by atoms with Gasteiger partial charge >= 0.3 is 0 Å². The Kier molecular flexibility index (Phi) is 6.38. The highest BCUT2D eigenvalue weighted by atomic mass is 16.3. The predicted molar refractivity (Wildman–Crippen MR) is 62.4 cm³/mol. The molecular weight excluding hydrogens is 174 g/mol. The van der Waals surface area contributed by atoms with Gasteiger partial charge in [0, 0.05) is 6.04 Å². The largest absolute Gasteiger partial charge is 0.395 e. The van der Waals surface area contributed by atoms with E-state index in [0.717, 1.165) is 19.4 Å². The van der Waals surface area contributed by atoms with Crippen molar-refractivity contribution >= 4 is 0 Å². The van der Waals surface area contributed by atoms with Crippen molar-refractivity contribution in [2.75, 3.05) is 13.2 Å². The summed E-state index contributed by atoms with van der Waals surface area (Å²) in [5.41, 5.74) is 0.380. The van der Waals surface area contributed by atoms with E-state index in [0.29, 0.717) is 11.3 Å². The molecule has 0 amide bonds. The molecule has 1 atom stereocenters. The molecule has 0 aromatic carbocycles. The first-order chi connectivity index (χ1) is 6.35. The Labute approximate surface area is 89.1 Å². The molecule has 1 unspecified atom stereocenters. The Bertz CT molecular complexity index is 138. The molecule has 2 nitrogen and oxygen atoms in total. The van der Waals surface area contributed by atoms with Gasteiger partial charge in [-0.05, 0) is 30.7 Å². The quantitative estimate of drug-likeness (QED) is 0.692. The summed E-state index contributed by atoms with van der Waals surface area (Å²) in [6.07, 6.45) is 2.21. The molecule has 86 valence electrons. The standard InChI is InChI=1S/C12H27NO/c1-10(2)8-11(9-14)13-7-6-12(3,4)5/h10-11,13-14H,6-9H2,1-5H3. The van der Waals surface area contributed by atoms with Crippen molar-refractivity contribution < 1.29 is 5.11 Å². The molecule has 0 aliphatic carbocycles. The molecule has 0 fully saturated rings. The summed E-state index contributed by atoms with van der Waals surface area (Å²) in [5.74, 6) is 0.647. The zero-order chi connectivity index (χ0) is 11.2. The van der Waals surface area contributed by atoms with Gasteiger partial charge in [0.1, 0.15) is 0 Å². The molecule has 14 heavy (non-hydrogen) atoms. The second kappa shape index (κ2) is 6.41. The molecule has 0 aliphatic rings. The molecule has 0 saturated carbocycles. The Morgan fingerprint density at radius 3 is 2.14 bits per heavy atom. The summed E-state index contributed by atoms with van der Waals surface area (Å²) in [5, 5.41) is 12.5. The normalized spacial score (nSPS) is 14.8. The Hall–Kier alpha value is -0.0800. The maximum atomic E-state index is 9.14.